The predicted octanol–water partition coefficient (Wildman–Crippen LogP) is 1.73. The van der Waals surface area contributed by atoms with Crippen LogP contribution in [0.1, 0.15) is 11.3 Å². The molecule has 2 aromatic rings. The maximum Gasteiger partial charge on any atom is 0.129 e. The highest BCUT2D eigenvalue weighted by Crippen LogP contribution is 2.16. The average Bonchev–Trinajstić information content (AvgIpc) is 2.71. The molecule has 0 aliphatic carbocycles. The lowest BCUT2D eigenvalue weighted by atomic mass is 10.2. The lowest BCUT2D eigenvalue weighted by molar-refractivity contribution is 0.576. The van der Waals surface area contributed by atoms with Gasteiger partial charge in [-0.1, -0.05) is 27.2 Å². The van der Waals surface area contributed by atoms with Gasteiger partial charge in [0.25, 0.3) is 0 Å². The first-order valence-corrected chi connectivity index (χ1v) is 6.01. The van der Waals surface area contributed by atoms with E-state index >= 15 is 0 Å². The van der Waals surface area contributed by atoms with Gasteiger partial charge in [-0.25, -0.2) is 9.07 Å². The van der Waals surface area contributed by atoms with Gasteiger partial charge in [0, 0.05) is 22.7 Å². The molecule has 2 rings (SSSR count). The number of benzene rings is 1. The molecule has 0 bridgehead atoms. The summed E-state index contributed by atoms with van der Waals surface area (Å²) in [6.07, 6.45) is 2.47. The summed E-state index contributed by atoms with van der Waals surface area (Å²) in [5.41, 5.74) is 6.83. The zero-order valence-corrected chi connectivity index (χ0v) is 10.7. The van der Waals surface area contributed by atoms with E-state index in [1.165, 1.54) is 6.07 Å². The van der Waals surface area contributed by atoms with E-state index in [-0.39, 0.29) is 5.82 Å². The second-order valence-electron chi connectivity index (χ2n) is 3.68. The molecule has 0 amide bonds. The lowest BCUT2D eigenvalue weighted by Gasteiger charge is -2.03. The monoisotopic (exact) mass is 298 g/mol. The Bertz CT molecular complexity index is 512. The van der Waals surface area contributed by atoms with Gasteiger partial charge in [-0.05, 0) is 18.7 Å². The van der Waals surface area contributed by atoms with Crippen LogP contribution in [0.2, 0.25) is 0 Å². The highest BCUT2D eigenvalue weighted by molar-refractivity contribution is 9.10. The van der Waals surface area contributed by atoms with Crippen LogP contribution in [0.15, 0.2) is 28.9 Å². The molecule has 17 heavy (non-hydrogen) atoms. The minimum absolute atomic E-state index is 0.254. The standard InChI is InChI=1S/C11H12BrFN4/c12-9-2-1-8(11(13)5-9)6-17-7-10(3-4-14)15-16-17/h1-2,5,7H,3-4,6,14H2. The maximum atomic E-state index is 13.6. The molecule has 0 radical (unpaired) electrons. The van der Waals surface area contributed by atoms with Crippen LogP contribution in [0.3, 0.4) is 0 Å². The molecular formula is C11H12BrFN4. The van der Waals surface area contributed by atoms with Gasteiger partial charge >= 0.3 is 0 Å². The number of rotatable bonds is 4. The van der Waals surface area contributed by atoms with E-state index in [1.54, 1.807) is 23.0 Å². The van der Waals surface area contributed by atoms with E-state index in [9.17, 15) is 4.39 Å². The molecule has 1 aromatic heterocycles. The molecule has 0 unspecified atom stereocenters. The first-order valence-electron chi connectivity index (χ1n) is 5.22. The average molecular weight is 299 g/mol. The molecule has 0 saturated heterocycles. The highest BCUT2D eigenvalue weighted by Gasteiger charge is 2.05. The minimum Gasteiger partial charge on any atom is -0.330 e. The Balaban J connectivity index is 2.13. The summed E-state index contributed by atoms with van der Waals surface area (Å²) in [4.78, 5) is 0. The summed E-state index contributed by atoms with van der Waals surface area (Å²) in [6, 6.07) is 4.97. The number of hydrogen-bond donors (Lipinski definition) is 1. The molecule has 1 aromatic carbocycles. The Morgan fingerprint density at radius 3 is 2.94 bits per heavy atom. The Morgan fingerprint density at radius 2 is 2.24 bits per heavy atom. The number of halogens is 2. The molecule has 0 saturated carbocycles. The number of aromatic nitrogens is 3. The predicted molar refractivity (Wildman–Crippen MR) is 66.0 cm³/mol. The summed E-state index contributed by atoms with van der Waals surface area (Å²) in [7, 11) is 0. The van der Waals surface area contributed by atoms with Crippen molar-refractivity contribution in [2.45, 2.75) is 13.0 Å². The van der Waals surface area contributed by atoms with Crippen molar-refractivity contribution in [2.24, 2.45) is 5.73 Å². The second-order valence-corrected chi connectivity index (χ2v) is 4.60. The quantitative estimate of drug-likeness (QED) is 0.935. The smallest absolute Gasteiger partial charge is 0.129 e. The molecular weight excluding hydrogens is 287 g/mol. The van der Waals surface area contributed by atoms with Gasteiger partial charge in [0.1, 0.15) is 5.82 Å². The molecule has 0 aliphatic heterocycles. The van der Waals surface area contributed by atoms with Crippen LogP contribution in [-0.2, 0) is 13.0 Å². The van der Waals surface area contributed by atoms with E-state index in [2.05, 4.69) is 26.2 Å². The van der Waals surface area contributed by atoms with Crippen molar-refractivity contribution < 1.29 is 4.39 Å². The van der Waals surface area contributed by atoms with Gasteiger partial charge in [0.05, 0.1) is 12.2 Å². The Hall–Kier alpha value is -1.27. The fraction of sp³-hybridized carbons (Fsp3) is 0.273. The Labute approximate surface area is 107 Å². The largest absolute Gasteiger partial charge is 0.330 e. The van der Waals surface area contributed by atoms with E-state index in [1.807, 2.05) is 0 Å². The van der Waals surface area contributed by atoms with Gasteiger partial charge < -0.3 is 5.73 Å². The minimum atomic E-state index is -0.254. The van der Waals surface area contributed by atoms with Crippen LogP contribution < -0.4 is 5.73 Å². The van der Waals surface area contributed by atoms with Crippen molar-refractivity contribution in [1.29, 1.82) is 0 Å². The molecule has 2 N–H and O–H groups in total. The van der Waals surface area contributed by atoms with Crippen molar-refractivity contribution in [3.05, 3.63) is 45.9 Å². The van der Waals surface area contributed by atoms with Crippen molar-refractivity contribution >= 4 is 15.9 Å². The second kappa shape index (κ2) is 5.37. The summed E-state index contributed by atoms with van der Waals surface area (Å²) >= 11 is 3.22. The van der Waals surface area contributed by atoms with Crippen LogP contribution in [0.5, 0.6) is 0 Å². The van der Waals surface area contributed by atoms with Crippen LogP contribution in [-0.4, -0.2) is 21.5 Å². The Morgan fingerprint density at radius 1 is 1.41 bits per heavy atom. The Kier molecular flexibility index (Phi) is 3.86. The van der Waals surface area contributed by atoms with Crippen LogP contribution in [0.25, 0.3) is 0 Å². The third-order valence-corrected chi connectivity index (χ3v) is 2.83. The van der Waals surface area contributed by atoms with Gasteiger partial charge in [0.15, 0.2) is 0 Å². The third-order valence-electron chi connectivity index (χ3n) is 2.33. The summed E-state index contributed by atoms with van der Waals surface area (Å²) in [5, 5.41) is 7.88. The SMILES string of the molecule is NCCc1cn(Cc2ccc(Br)cc2F)nn1. The van der Waals surface area contributed by atoms with Crippen molar-refractivity contribution in [3.8, 4) is 0 Å². The van der Waals surface area contributed by atoms with Gasteiger partial charge in [0.2, 0.25) is 0 Å². The molecule has 0 fully saturated rings. The van der Waals surface area contributed by atoms with Gasteiger partial charge in [-0.3, -0.25) is 0 Å². The van der Waals surface area contributed by atoms with Crippen LogP contribution >= 0.6 is 15.9 Å². The molecule has 0 atom stereocenters. The number of nitrogens with zero attached hydrogens (tertiary/aromatic N) is 3. The fourth-order valence-corrected chi connectivity index (χ4v) is 1.84. The highest BCUT2D eigenvalue weighted by atomic mass is 79.9. The van der Waals surface area contributed by atoms with E-state index in [0.29, 0.717) is 25.1 Å². The van der Waals surface area contributed by atoms with Crippen molar-refractivity contribution in [3.63, 3.8) is 0 Å². The fourth-order valence-electron chi connectivity index (χ4n) is 1.50. The molecule has 90 valence electrons. The van der Waals surface area contributed by atoms with Gasteiger partial charge in [-0.2, -0.15) is 0 Å². The van der Waals surface area contributed by atoms with Crippen LogP contribution in [0, 0.1) is 5.82 Å². The van der Waals surface area contributed by atoms with E-state index in [4.69, 9.17) is 5.73 Å². The first kappa shape index (κ1) is 12.2. The van der Waals surface area contributed by atoms with E-state index < -0.39 is 0 Å². The maximum absolute atomic E-state index is 13.6. The topological polar surface area (TPSA) is 56.7 Å². The summed E-state index contributed by atoms with van der Waals surface area (Å²) in [5.74, 6) is -0.254. The summed E-state index contributed by atoms with van der Waals surface area (Å²) < 4.78 is 15.9. The molecule has 1 heterocycles. The first-order chi connectivity index (χ1) is 8.19. The molecule has 4 nitrogen and oxygen atoms in total. The number of hydrogen-bond acceptors (Lipinski definition) is 3. The van der Waals surface area contributed by atoms with Crippen LogP contribution in [0.4, 0.5) is 4.39 Å². The molecule has 0 aliphatic rings. The molecule has 6 heteroatoms. The third kappa shape index (κ3) is 3.10. The van der Waals surface area contributed by atoms with E-state index in [0.717, 1.165) is 10.2 Å². The summed E-state index contributed by atoms with van der Waals surface area (Å²) in [6.45, 7) is 0.905. The van der Waals surface area contributed by atoms with Crippen molar-refractivity contribution in [2.75, 3.05) is 6.54 Å². The lowest BCUT2D eigenvalue weighted by Crippen LogP contribution is -2.03. The zero-order valence-electron chi connectivity index (χ0n) is 9.11. The molecule has 0 spiro atoms. The zero-order chi connectivity index (χ0) is 12.3. The van der Waals surface area contributed by atoms with Crippen molar-refractivity contribution in [1.82, 2.24) is 15.0 Å². The normalized spacial score (nSPS) is 10.8. The van der Waals surface area contributed by atoms with Gasteiger partial charge in [-0.15, -0.1) is 5.10 Å². The number of nitrogens with two attached hydrogens (primary N) is 1.